The molecule has 0 saturated heterocycles. The molecule has 2 aromatic carbocycles. The number of benzene rings is 2. The average Bonchev–Trinajstić information content (AvgIpc) is 3.03. The third-order valence-corrected chi connectivity index (χ3v) is 5.82. The maximum atomic E-state index is 13.1. The van der Waals surface area contributed by atoms with Gasteiger partial charge in [0, 0.05) is 6.54 Å². The first-order valence-corrected chi connectivity index (χ1v) is 10.8. The first kappa shape index (κ1) is 22.2. The predicted molar refractivity (Wildman–Crippen MR) is 126 cm³/mol. The van der Waals surface area contributed by atoms with Crippen molar-refractivity contribution in [3.05, 3.63) is 82.0 Å². The van der Waals surface area contributed by atoms with Crippen LogP contribution in [-0.2, 0) is 9.59 Å². The second-order valence-electron chi connectivity index (χ2n) is 6.46. The van der Waals surface area contributed by atoms with Crippen molar-refractivity contribution in [3.8, 4) is 0 Å². The largest absolute Gasteiger partial charge is 0.352 e. The highest BCUT2D eigenvalue weighted by Gasteiger charge is 2.32. The van der Waals surface area contributed by atoms with Gasteiger partial charge >= 0.3 is 0 Å². The van der Waals surface area contributed by atoms with Gasteiger partial charge < -0.3 is 5.32 Å². The number of anilines is 1. The van der Waals surface area contributed by atoms with E-state index in [-0.39, 0.29) is 23.3 Å². The number of hydrogen-bond donors (Lipinski definition) is 1. The van der Waals surface area contributed by atoms with Gasteiger partial charge in [0.25, 0.3) is 5.91 Å². The molecule has 5 nitrogen and oxygen atoms in total. The Labute approximate surface area is 189 Å². The van der Waals surface area contributed by atoms with Crippen LogP contribution in [0.5, 0.6) is 0 Å². The zero-order valence-corrected chi connectivity index (χ0v) is 18.5. The Morgan fingerprint density at radius 1 is 1.20 bits per heavy atom. The Balaban J connectivity index is 1.91. The van der Waals surface area contributed by atoms with Gasteiger partial charge in [-0.3, -0.25) is 14.5 Å². The quantitative estimate of drug-likeness (QED) is 0.483. The molecule has 0 atom stereocenters. The Kier molecular flexibility index (Phi) is 7.37. The minimum Gasteiger partial charge on any atom is -0.352 e. The van der Waals surface area contributed by atoms with Crippen molar-refractivity contribution in [1.29, 1.82) is 0 Å². The second-order valence-corrected chi connectivity index (χ2v) is 8.21. The van der Waals surface area contributed by atoms with E-state index in [2.05, 4.69) is 16.9 Å². The fourth-order valence-electron chi connectivity index (χ4n) is 2.64. The summed E-state index contributed by atoms with van der Waals surface area (Å²) in [6.45, 7) is 5.93. The molecule has 1 aliphatic heterocycles. The summed E-state index contributed by atoms with van der Waals surface area (Å²) in [5, 5.41) is 3.97. The van der Waals surface area contributed by atoms with Crippen LogP contribution in [0, 0.1) is 6.92 Å². The predicted octanol–water partition coefficient (Wildman–Crippen LogP) is 5.08. The number of hydrogen-bond acceptors (Lipinski definition) is 4. The maximum absolute atomic E-state index is 13.1. The van der Waals surface area contributed by atoms with E-state index < -0.39 is 0 Å². The highest BCUT2D eigenvalue weighted by Crippen LogP contribution is 2.30. The molecule has 1 N–H and O–H groups in total. The highest BCUT2D eigenvalue weighted by molar-refractivity contribution is 8.14. The smallest absolute Gasteiger partial charge is 0.283 e. The van der Waals surface area contributed by atoms with Crippen molar-refractivity contribution in [1.82, 2.24) is 5.32 Å². The Bertz CT molecular complexity index is 1050. The van der Waals surface area contributed by atoms with Gasteiger partial charge in [-0.05, 0) is 42.8 Å². The molecule has 2 aromatic rings. The van der Waals surface area contributed by atoms with Gasteiger partial charge in [0.2, 0.25) is 5.91 Å². The number of aliphatic imine (C=N–C) groups is 1. The SMILES string of the molecule is C=CCNC(=O)CSC1=N/C(=C/c2ccc(Cl)c(Cl)c2)C(=O)N1c1ccc(C)cc1. The number of aryl methyl sites for hydroxylation is 1. The van der Waals surface area contributed by atoms with Gasteiger partial charge in [-0.2, -0.15) is 0 Å². The standard InChI is InChI=1S/C22H19Cl2N3O2S/c1-3-10-25-20(28)13-30-22-26-19(12-15-6-9-17(23)18(24)11-15)21(29)27(22)16-7-4-14(2)5-8-16/h3-9,11-12H,1,10,13H2,2H3,(H,25,28)/b19-12+. The molecule has 8 heteroatoms. The molecule has 154 valence electrons. The van der Waals surface area contributed by atoms with Gasteiger partial charge in [0.15, 0.2) is 5.17 Å². The molecule has 0 saturated carbocycles. The van der Waals surface area contributed by atoms with Gasteiger partial charge in [0.05, 0.1) is 21.5 Å². The molecule has 0 spiro atoms. The Morgan fingerprint density at radius 2 is 1.93 bits per heavy atom. The van der Waals surface area contributed by atoms with Crippen LogP contribution in [0.2, 0.25) is 10.0 Å². The zero-order valence-electron chi connectivity index (χ0n) is 16.2. The lowest BCUT2D eigenvalue weighted by molar-refractivity contribution is -0.118. The zero-order chi connectivity index (χ0) is 21.7. The summed E-state index contributed by atoms with van der Waals surface area (Å²) < 4.78 is 0. The van der Waals surface area contributed by atoms with Crippen LogP contribution in [-0.4, -0.2) is 29.3 Å². The molecule has 0 aromatic heterocycles. The summed E-state index contributed by atoms with van der Waals surface area (Å²) in [5.74, 6) is -0.317. The number of halogens is 2. The molecular formula is C22H19Cl2N3O2S. The van der Waals surface area contributed by atoms with E-state index in [9.17, 15) is 9.59 Å². The van der Waals surface area contributed by atoms with E-state index in [0.717, 1.165) is 5.56 Å². The Hall–Kier alpha value is -2.54. The monoisotopic (exact) mass is 459 g/mol. The fraction of sp³-hybridized carbons (Fsp3) is 0.136. The lowest BCUT2D eigenvalue weighted by Gasteiger charge is -2.17. The summed E-state index contributed by atoms with van der Waals surface area (Å²) in [5.41, 5.74) is 2.71. The fourth-order valence-corrected chi connectivity index (χ4v) is 3.79. The van der Waals surface area contributed by atoms with Crippen molar-refractivity contribution < 1.29 is 9.59 Å². The van der Waals surface area contributed by atoms with Crippen LogP contribution in [0.4, 0.5) is 5.69 Å². The van der Waals surface area contributed by atoms with Gasteiger partial charge in [0.1, 0.15) is 5.70 Å². The summed E-state index contributed by atoms with van der Waals surface area (Å²) in [4.78, 5) is 31.1. The molecule has 1 heterocycles. The Morgan fingerprint density at radius 3 is 2.60 bits per heavy atom. The first-order valence-electron chi connectivity index (χ1n) is 9.06. The van der Waals surface area contributed by atoms with Gasteiger partial charge in [-0.1, -0.05) is 64.8 Å². The molecule has 2 amide bonds. The number of nitrogens with one attached hydrogen (secondary N) is 1. The minimum atomic E-state index is -0.279. The average molecular weight is 460 g/mol. The van der Waals surface area contributed by atoms with E-state index >= 15 is 0 Å². The molecule has 0 radical (unpaired) electrons. The summed E-state index contributed by atoms with van der Waals surface area (Å²) >= 11 is 13.2. The number of amides is 2. The second kappa shape index (κ2) is 9.98. The van der Waals surface area contributed by atoms with Crippen LogP contribution in [0.3, 0.4) is 0 Å². The number of amidine groups is 1. The number of carbonyl (C=O) groups is 2. The normalized spacial score (nSPS) is 14.8. The third-order valence-electron chi connectivity index (χ3n) is 4.14. The third kappa shape index (κ3) is 5.33. The lowest BCUT2D eigenvalue weighted by atomic mass is 10.2. The van der Waals surface area contributed by atoms with Gasteiger partial charge in [-0.25, -0.2) is 4.99 Å². The van der Waals surface area contributed by atoms with E-state index in [4.69, 9.17) is 23.2 Å². The summed E-state index contributed by atoms with van der Waals surface area (Å²) in [6.07, 6.45) is 3.26. The molecule has 3 rings (SSSR count). The van der Waals surface area contributed by atoms with Crippen molar-refractivity contribution in [3.63, 3.8) is 0 Å². The number of thioether (sulfide) groups is 1. The highest BCUT2D eigenvalue weighted by atomic mass is 35.5. The molecule has 1 aliphatic rings. The molecule has 30 heavy (non-hydrogen) atoms. The van der Waals surface area contributed by atoms with Crippen molar-refractivity contribution in [2.24, 2.45) is 4.99 Å². The lowest BCUT2D eigenvalue weighted by Crippen LogP contribution is -2.32. The van der Waals surface area contributed by atoms with Crippen LogP contribution in [0.1, 0.15) is 11.1 Å². The summed E-state index contributed by atoms with van der Waals surface area (Å²) in [7, 11) is 0. The summed E-state index contributed by atoms with van der Waals surface area (Å²) in [6, 6.07) is 12.6. The molecule has 0 unspecified atom stereocenters. The number of rotatable bonds is 6. The van der Waals surface area contributed by atoms with E-state index in [1.54, 1.807) is 30.4 Å². The number of carbonyl (C=O) groups excluding carboxylic acids is 2. The van der Waals surface area contributed by atoms with Crippen molar-refractivity contribution in [2.45, 2.75) is 6.92 Å². The van der Waals surface area contributed by atoms with Crippen molar-refractivity contribution >= 4 is 63.7 Å². The van der Waals surface area contributed by atoms with Crippen LogP contribution in [0.15, 0.2) is 65.8 Å². The van der Waals surface area contributed by atoms with Crippen LogP contribution < -0.4 is 10.2 Å². The van der Waals surface area contributed by atoms with Gasteiger partial charge in [-0.15, -0.1) is 6.58 Å². The molecular weight excluding hydrogens is 441 g/mol. The minimum absolute atomic E-state index is 0.127. The van der Waals surface area contributed by atoms with Crippen molar-refractivity contribution in [2.75, 3.05) is 17.2 Å². The topological polar surface area (TPSA) is 61.8 Å². The van der Waals surface area contributed by atoms with E-state index in [1.807, 2.05) is 31.2 Å². The molecule has 0 bridgehead atoms. The number of nitrogens with zero attached hydrogens (tertiary/aromatic N) is 2. The molecule has 0 fully saturated rings. The van der Waals surface area contributed by atoms with Crippen LogP contribution >= 0.6 is 35.0 Å². The molecule has 0 aliphatic carbocycles. The maximum Gasteiger partial charge on any atom is 0.283 e. The van der Waals surface area contributed by atoms with Crippen LogP contribution in [0.25, 0.3) is 6.08 Å². The van der Waals surface area contributed by atoms with E-state index in [0.29, 0.717) is 33.0 Å². The first-order chi connectivity index (χ1) is 14.4. The van der Waals surface area contributed by atoms with E-state index in [1.165, 1.54) is 16.7 Å².